The molecule has 0 spiro atoms. The molecule has 1 heterocycles. The lowest BCUT2D eigenvalue weighted by Crippen LogP contribution is -2.44. The molecule has 0 bridgehead atoms. The summed E-state index contributed by atoms with van der Waals surface area (Å²) >= 11 is 0. The number of carbonyl (C=O) groups is 2. The normalized spacial score (nSPS) is 12.1. The van der Waals surface area contributed by atoms with Crippen molar-refractivity contribution in [3.8, 4) is 0 Å². The van der Waals surface area contributed by atoms with Crippen molar-refractivity contribution in [3.63, 3.8) is 0 Å². The van der Waals surface area contributed by atoms with E-state index >= 15 is 0 Å². The second kappa shape index (κ2) is 6.66. The van der Waals surface area contributed by atoms with Crippen molar-refractivity contribution in [2.24, 2.45) is 5.73 Å². The van der Waals surface area contributed by atoms with Gasteiger partial charge in [0, 0.05) is 25.2 Å². The largest absolute Gasteiger partial charge is 0.481 e. The Kier molecular flexibility index (Phi) is 5.21. The molecule has 0 radical (unpaired) electrons. The standard InChI is InChI=1S/C11H15N3O6/c12-7(10(18)19)6-13-5-3-8(15)14(11(13)20)4-1-2-9(16)17/h3,5,7H,1-2,4,6,12H2,(H,16,17)(H,18,19)/t7-/m1/s1. The zero-order valence-corrected chi connectivity index (χ0v) is 10.6. The van der Waals surface area contributed by atoms with Gasteiger partial charge in [-0.1, -0.05) is 0 Å². The first-order valence-corrected chi connectivity index (χ1v) is 5.83. The van der Waals surface area contributed by atoms with Gasteiger partial charge in [0.15, 0.2) is 0 Å². The van der Waals surface area contributed by atoms with Gasteiger partial charge in [-0.05, 0) is 6.42 Å². The number of nitrogens with zero attached hydrogens (tertiary/aromatic N) is 2. The van der Waals surface area contributed by atoms with Crippen LogP contribution in [0.25, 0.3) is 0 Å². The highest BCUT2D eigenvalue weighted by Crippen LogP contribution is 1.91. The average molecular weight is 285 g/mol. The van der Waals surface area contributed by atoms with Crippen molar-refractivity contribution < 1.29 is 19.8 Å². The predicted molar refractivity (Wildman–Crippen MR) is 67.4 cm³/mol. The van der Waals surface area contributed by atoms with Crippen LogP contribution in [0, 0.1) is 0 Å². The summed E-state index contributed by atoms with van der Waals surface area (Å²) in [6.07, 6.45) is 1.12. The second-order valence-corrected chi connectivity index (χ2v) is 4.18. The van der Waals surface area contributed by atoms with E-state index in [0.717, 1.165) is 15.2 Å². The number of hydrogen-bond acceptors (Lipinski definition) is 5. The molecule has 0 saturated carbocycles. The van der Waals surface area contributed by atoms with E-state index in [0.29, 0.717) is 0 Å². The molecular weight excluding hydrogens is 270 g/mol. The molecule has 1 rings (SSSR count). The number of aliphatic carboxylic acids is 2. The van der Waals surface area contributed by atoms with Crippen LogP contribution in [0.15, 0.2) is 21.9 Å². The van der Waals surface area contributed by atoms with E-state index in [2.05, 4.69) is 0 Å². The van der Waals surface area contributed by atoms with E-state index < -0.39 is 29.2 Å². The molecule has 1 aromatic rings. The van der Waals surface area contributed by atoms with Crippen molar-refractivity contribution in [1.29, 1.82) is 0 Å². The monoisotopic (exact) mass is 285 g/mol. The van der Waals surface area contributed by atoms with Crippen LogP contribution in [0.2, 0.25) is 0 Å². The van der Waals surface area contributed by atoms with Crippen molar-refractivity contribution in [2.45, 2.75) is 32.0 Å². The number of hydrogen-bond donors (Lipinski definition) is 3. The van der Waals surface area contributed by atoms with E-state index in [1.165, 1.54) is 6.20 Å². The van der Waals surface area contributed by atoms with Gasteiger partial charge in [-0.3, -0.25) is 23.5 Å². The third-order valence-corrected chi connectivity index (χ3v) is 2.62. The van der Waals surface area contributed by atoms with Gasteiger partial charge in [0.1, 0.15) is 6.04 Å². The Morgan fingerprint density at radius 1 is 1.30 bits per heavy atom. The maximum absolute atomic E-state index is 12.0. The van der Waals surface area contributed by atoms with Gasteiger partial charge in [-0.25, -0.2) is 4.79 Å². The number of carboxylic acids is 2. The highest BCUT2D eigenvalue weighted by molar-refractivity contribution is 5.72. The third-order valence-electron chi connectivity index (χ3n) is 2.62. The Hall–Kier alpha value is -2.42. The summed E-state index contributed by atoms with van der Waals surface area (Å²) in [5.41, 5.74) is 4.04. The van der Waals surface area contributed by atoms with Crippen LogP contribution < -0.4 is 17.0 Å². The van der Waals surface area contributed by atoms with Crippen molar-refractivity contribution in [2.75, 3.05) is 0 Å². The Bertz CT molecular complexity index is 617. The fourth-order valence-electron chi connectivity index (χ4n) is 1.58. The topological polar surface area (TPSA) is 145 Å². The maximum atomic E-state index is 12.0. The molecule has 0 unspecified atom stereocenters. The summed E-state index contributed by atoms with van der Waals surface area (Å²) in [6.45, 7) is -0.319. The molecule has 0 aliphatic rings. The predicted octanol–water partition coefficient (Wildman–Crippen LogP) is -1.71. The molecule has 110 valence electrons. The molecule has 9 heteroatoms. The fraction of sp³-hybridized carbons (Fsp3) is 0.455. The molecule has 1 atom stereocenters. The van der Waals surface area contributed by atoms with Gasteiger partial charge < -0.3 is 15.9 Å². The SMILES string of the molecule is N[C@H](Cn1ccc(=O)n(CCCC(=O)O)c1=O)C(=O)O. The lowest BCUT2D eigenvalue weighted by Gasteiger charge is -2.11. The summed E-state index contributed by atoms with van der Waals surface area (Å²) in [5.74, 6) is -2.29. The van der Waals surface area contributed by atoms with Crippen LogP contribution >= 0.6 is 0 Å². The quantitative estimate of drug-likeness (QED) is 0.540. The molecule has 0 aliphatic heterocycles. The summed E-state index contributed by atoms with van der Waals surface area (Å²) in [6, 6.07) is -0.158. The lowest BCUT2D eigenvalue weighted by molar-refractivity contribution is -0.139. The van der Waals surface area contributed by atoms with Crippen LogP contribution in [0.5, 0.6) is 0 Å². The van der Waals surface area contributed by atoms with Gasteiger partial charge in [0.2, 0.25) is 0 Å². The number of rotatable bonds is 7. The fourth-order valence-corrected chi connectivity index (χ4v) is 1.58. The molecular formula is C11H15N3O6. The van der Waals surface area contributed by atoms with Gasteiger partial charge in [0.05, 0.1) is 6.54 Å². The summed E-state index contributed by atoms with van der Waals surface area (Å²) in [4.78, 5) is 44.5. The second-order valence-electron chi connectivity index (χ2n) is 4.18. The van der Waals surface area contributed by atoms with Crippen LogP contribution in [-0.4, -0.2) is 37.3 Å². The molecule has 0 aliphatic carbocycles. The van der Waals surface area contributed by atoms with Gasteiger partial charge in [-0.2, -0.15) is 0 Å². The molecule has 1 aromatic heterocycles. The number of aromatic nitrogens is 2. The average Bonchev–Trinajstić information content (AvgIpc) is 2.36. The minimum atomic E-state index is -1.27. The van der Waals surface area contributed by atoms with E-state index in [-0.39, 0.29) is 25.9 Å². The summed E-state index contributed by atoms with van der Waals surface area (Å²) in [7, 11) is 0. The Morgan fingerprint density at radius 3 is 2.50 bits per heavy atom. The molecule has 9 nitrogen and oxygen atoms in total. The lowest BCUT2D eigenvalue weighted by atomic mass is 10.3. The zero-order valence-electron chi connectivity index (χ0n) is 10.6. The van der Waals surface area contributed by atoms with Crippen LogP contribution in [0.3, 0.4) is 0 Å². The van der Waals surface area contributed by atoms with Crippen LogP contribution in [-0.2, 0) is 22.7 Å². The molecule has 20 heavy (non-hydrogen) atoms. The Labute approximate surface area is 112 Å². The van der Waals surface area contributed by atoms with Gasteiger partial charge >= 0.3 is 17.6 Å². The van der Waals surface area contributed by atoms with E-state index in [1.807, 2.05) is 0 Å². The number of nitrogens with two attached hydrogens (primary N) is 1. The van der Waals surface area contributed by atoms with Crippen molar-refractivity contribution >= 4 is 11.9 Å². The Morgan fingerprint density at radius 2 is 1.95 bits per heavy atom. The summed E-state index contributed by atoms with van der Waals surface area (Å²) in [5, 5.41) is 17.2. The molecule has 4 N–H and O–H groups in total. The molecule has 0 aromatic carbocycles. The Balaban J connectivity index is 2.95. The zero-order chi connectivity index (χ0) is 15.3. The highest BCUT2D eigenvalue weighted by Gasteiger charge is 2.14. The van der Waals surface area contributed by atoms with Crippen LogP contribution in [0.4, 0.5) is 0 Å². The van der Waals surface area contributed by atoms with Gasteiger partial charge in [-0.15, -0.1) is 0 Å². The first kappa shape index (κ1) is 15.6. The first-order chi connectivity index (χ1) is 9.32. The molecule has 0 amide bonds. The van der Waals surface area contributed by atoms with Crippen molar-refractivity contribution in [1.82, 2.24) is 9.13 Å². The van der Waals surface area contributed by atoms with E-state index in [4.69, 9.17) is 15.9 Å². The maximum Gasteiger partial charge on any atom is 0.331 e. The minimum Gasteiger partial charge on any atom is -0.481 e. The van der Waals surface area contributed by atoms with Crippen molar-refractivity contribution in [3.05, 3.63) is 33.1 Å². The molecule has 0 saturated heterocycles. The van der Waals surface area contributed by atoms with E-state index in [1.54, 1.807) is 0 Å². The smallest absolute Gasteiger partial charge is 0.331 e. The highest BCUT2D eigenvalue weighted by atomic mass is 16.4. The summed E-state index contributed by atoms with van der Waals surface area (Å²) < 4.78 is 1.87. The third kappa shape index (κ3) is 4.05. The van der Waals surface area contributed by atoms with E-state index in [9.17, 15) is 19.2 Å². The molecule has 0 fully saturated rings. The minimum absolute atomic E-state index is 0.0485. The van der Waals surface area contributed by atoms with Gasteiger partial charge in [0.25, 0.3) is 5.56 Å². The first-order valence-electron chi connectivity index (χ1n) is 5.83. The number of carboxylic acid groups (broad SMARTS) is 2. The van der Waals surface area contributed by atoms with Crippen LogP contribution in [0.1, 0.15) is 12.8 Å².